The Balaban J connectivity index is 1.70. The number of aromatic carboxylic acids is 1. The highest BCUT2D eigenvalue weighted by atomic mass is 79.9. The largest absolute Gasteiger partial charge is 0.493 e. The second kappa shape index (κ2) is 12.1. The van der Waals surface area contributed by atoms with E-state index in [-0.39, 0.29) is 23.6 Å². The number of ether oxygens (including phenoxy) is 2. The average molecular weight is 590 g/mol. The summed E-state index contributed by atoms with van der Waals surface area (Å²) in [5.41, 5.74) is 2.91. The second-order valence-corrected chi connectivity index (χ2v) is 10.1. The smallest absolute Gasteiger partial charge is 0.335 e. The van der Waals surface area contributed by atoms with Crippen LogP contribution in [-0.2, 0) is 13.0 Å². The molecular weight excluding hydrogens is 562 g/mol. The quantitative estimate of drug-likeness (QED) is 0.175. The predicted octanol–water partition coefficient (Wildman–Crippen LogP) is 6.18. The fraction of sp³-hybridized carbons (Fsp3) is 0.200. The van der Waals surface area contributed by atoms with E-state index in [9.17, 15) is 9.59 Å². The molecule has 0 saturated carbocycles. The molecule has 9 heteroatoms. The van der Waals surface area contributed by atoms with Crippen molar-refractivity contribution < 1.29 is 19.4 Å². The number of halogens is 1. The van der Waals surface area contributed by atoms with E-state index in [1.807, 2.05) is 32.0 Å². The van der Waals surface area contributed by atoms with Crippen molar-refractivity contribution in [2.75, 3.05) is 7.11 Å². The molecule has 4 aromatic rings. The van der Waals surface area contributed by atoms with Gasteiger partial charge in [0.25, 0.3) is 5.56 Å². The first-order valence-electron chi connectivity index (χ1n) is 12.2. The maximum atomic E-state index is 13.3. The van der Waals surface area contributed by atoms with Gasteiger partial charge in [-0.3, -0.25) is 4.79 Å². The Morgan fingerprint density at radius 3 is 2.56 bits per heavy atom. The lowest BCUT2D eigenvalue weighted by Gasteiger charge is -2.16. The van der Waals surface area contributed by atoms with Gasteiger partial charge in [0.2, 0.25) is 0 Å². The molecule has 200 valence electrons. The first kappa shape index (κ1) is 27.8. The molecule has 0 aliphatic carbocycles. The molecule has 4 rings (SSSR count). The minimum atomic E-state index is -0.982. The van der Waals surface area contributed by atoms with Crippen molar-refractivity contribution >= 4 is 39.0 Å². The van der Waals surface area contributed by atoms with Crippen molar-refractivity contribution in [2.45, 2.75) is 32.8 Å². The number of methoxy groups -OCH3 is 1. The summed E-state index contributed by atoms with van der Waals surface area (Å²) in [6, 6.07) is 15.6. The SMILES string of the molecule is C=CCc1cc(C=Nn2c(C(C)C)nc3ccc(Br)cc3c2=O)cc(OC)c1OCc1ccc(C(=O)O)cc1. The maximum absolute atomic E-state index is 13.3. The number of hydrogen-bond acceptors (Lipinski definition) is 6. The molecule has 0 bridgehead atoms. The Kier molecular flexibility index (Phi) is 8.61. The van der Waals surface area contributed by atoms with E-state index in [4.69, 9.17) is 14.6 Å². The van der Waals surface area contributed by atoms with E-state index in [2.05, 4.69) is 32.6 Å². The van der Waals surface area contributed by atoms with Crippen molar-refractivity contribution in [3.63, 3.8) is 0 Å². The van der Waals surface area contributed by atoms with Crippen molar-refractivity contribution in [3.8, 4) is 11.5 Å². The average Bonchev–Trinajstić information content (AvgIpc) is 2.92. The van der Waals surface area contributed by atoms with Crippen LogP contribution >= 0.6 is 15.9 Å². The normalized spacial score (nSPS) is 11.3. The predicted molar refractivity (Wildman–Crippen MR) is 155 cm³/mol. The minimum Gasteiger partial charge on any atom is -0.493 e. The molecule has 0 radical (unpaired) electrons. The molecule has 1 N–H and O–H groups in total. The minimum absolute atomic E-state index is 0.0332. The molecule has 0 saturated heterocycles. The summed E-state index contributed by atoms with van der Waals surface area (Å²) in [7, 11) is 1.55. The van der Waals surface area contributed by atoms with Crippen molar-refractivity contribution in [1.82, 2.24) is 9.66 Å². The molecule has 0 atom stereocenters. The van der Waals surface area contributed by atoms with Crippen molar-refractivity contribution in [3.05, 3.63) is 110 Å². The summed E-state index contributed by atoms with van der Waals surface area (Å²) in [6.07, 6.45) is 3.87. The zero-order chi connectivity index (χ0) is 28.1. The molecule has 0 unspecified atom stereocenters. The number of fused-ring (bicyclic) bond motifs is 1. The summed E-state index contributed by atoms with van der Waals surface area (Å²) >= 11 is 3.42. The van der Waals surface area contributed by atoms with Crippen LogP contribution in [0.4, 0.5) is 0 Å². The molecular formula is C30H28BrN3O5. The van der Waals surface area contributed by atoms with Crippen LogP contribution in [0.5, 0.6) is 11.5 Å². The van der Waals surface area contributed by atoms with Crippen LogP contribution in [0, 0.1) is 0 Å². The van der Waals surface area contributed by atoms with Gasteiger partial charge in [-0.15, -0.1) is 6.58 Å². The maximum Gasteiger partial charge on any atom is 0.335 e. The van der Waals surface area contributed by atoms with Crippen molar-refractivity contribution in [1.29, 1.82) is 0 Å². The summed E-state index contributed by atoms with van der Waals surface area (Å²) in [5, 5.41) is 14.1. The number of aromatic nitrogens is 2. The van der Waals surface area contributed by atoms with Crippen LogP contribution < -0.4 is 15.0 Å². The first-order chi connectivity index (χ1) is 18.7. The van der Waals surface area contributed by atoms with Gasteiger partial charge in [0.1, 0.15) is 12.4 Å². The van der Waals surface area contributed by atoms with Crippen LogP contribution in [0.2, 0.25) is 0 Å². The van der Waals surface area contributed by atoms with Crippen molar-refractivity contribution in [2.24, 2.45) is 5.10 Å². The molecule has 0 amide bonds. The Morgan fingerprint density at radius 1 is 1.18 bits per heavy atom. The fourth-order valence-corrected chi connectivity index (χ4v) is 4.42. The number of carbonyl (C=O) groups is 1. The highest BCUT2D eigenvalue weighted by molar-refractivity contribution is 9.10. The van der Waals surface area contributed by atoms with E-state index in [1.165, 1.54) is 16.8 Å². The first-order valence-corrected chi connectivity index (χ1v) is 13.0. The van der Waals surface area contributed by atoms with Gasteiger partial charge in [0.15, 0.2) is 11.5 Å². The lowest BCUT2D eigenvalue weighted by atomic mass is 10.1. The standard InChI is InChI=1S/C30H28BrN3O5/c1-5-6-22-13-20(14-26(38-4)27(22)39-17-19-7-9-21(10-8-19)30(36)37)16-32-34-28(18(2)3)33-25-12-11-23(31)15-24(25)29(34)35/h5,7-16,18H,1,6,17H2,2-4H3,(H,36,37). The molecule has 0 aliphatic heterocycles. The Hall–Kier alpha value is -4.24. The van der Waals surface area contributed by atoms with E-state index in [0.717, 1.165) is 15.6 Å². The fourth-order valence-electron chi connectivity index (χ4n) is 4.06. The third-order valence-corrected chi connectivity index (χ3v) is 6.49. The summed E-state index contributed by atoms with van der Waals surface area (Å²) in [6.45, 7) is 8.00. The molecule has 3 aromatic carbocycles. The van der Waals surface area contributed by atoms with Gasteiger partial charge in [-0.1, -0.05) is 48.0 Å². The number of allylic oxidation sites excluding steroid dienone is 1. The number of carboxylic acid groups (broad SMARTS) is 1. The van der Waals surface area contributed by atoms with Gasteiger partial charge >= 0.3 is 5.97 Å². The number of rotatable bonds is 10. The van der Waals surface area contributed by atoms with Crippen LogP contribution in [-0.4, -0.2) is 34.1 Å². The van der Waals surface area contributed by atoms with E-state index in [0.29, 0.717) is 40.2 Å². The van der Waals surface area contributed by atoms with Gasteiger partial charge < -0.3 is 14.6 Å². The lowest BCUT2D eigenvalue weighted by Crippen LogP contribution is -2.23. The third-order valence-electron chi connectivity index (χ3n) is 5.99. The zero-order valence-corrected chi connectivity index (χ0v) is 23.4. The summed E-state index contributed by atoms with van der Waals surface area (Å²) in [5.74, 6) is 0.584. The molecule has 1 aromatic heterocycles. The highest BCUT2D eigenvalue weighted by Crippen LogP contribution is 2.34. The second-order valence-electron chi connectivity index (χ2n) is 9.14. The van der Waals surface area contributed by atoms with Crippen LogP contribution in [0.1, 0.15) is 52.6 Å². The topological polar surface area (TPSA) is 103 Å². The number of hydrogen-bond donors (Lipinski definition) is 1. The monoisotopic (exact) mass is 589 g/mol. The van der Waals surface area contributed by atoms with Gasteiger partial charge in [-0.25, -0.2) is 9.78 Å². The molecule has 0 spiro atoms. The number of nitrogens with zero attached hydrogens (tertiary/aromatic N) is 3. The number of carboxylic acids is 1. The Bertz CT molecular complexity index is 1620. The zero-order valence-electron chi connectivity index (χ0n) is 21.8. The number of benzene rings is 3. The molecule has 8 nitrogen and oxygen atoms in total. The Labute approximate surface area is 234 Å². The summed E-state index contributed by atoms with van der Waals surface area (Å²) in [4.78, 5) is 29.2. The lowest BCUT2D eigenvalue weighted by molar-refractivity contribution is 0.0697. The Morgan fingerprint density at radius 2 is 1.92 bits per heavy atom. The van der Waals surface area contributed by atoms with Gasteiger partial charge in [-0.2, -0.15) is 9.78 Å². The van der Waals surface area contributed by atoms with Crippen LogP contribution in [0.25, 0.3) is 10.9 Å². The highest BCUT2D eigenvalue weighted by Gasteiger charge is 2.16. The van der Waals surface area contributed by atoms with Crippen LogP contribution in [0.15, 0.2) is 81.6 Å². The van der Waals surface area contributed by atoms with E-state index < -0.39 is 5.97 Å². The molecule has 1 heterocycles. The molecule has 0 aliphatic rings. The van der Waals surface area contributed by atoms with Gasteiger partial charge in [0.05, 0.1) is 29.8 Å². The summed E-state index contributed by atoms with van der Waals surface area (Å²) < 4.78 is 13.9. The van der Waals surface area contributed by atoms with Crippen LogP contribution in [0.3, 0.4) is 0 Å². The van der Waals surface area contributed by atoms with Gasteiger partial charge in [0, 0.05) is 16.0 Å². The van der Waals surface area contributed by atoms with Gasteiger partial charge in [-0.05, 0) is 60.0 Å². The molecule has 39 heavy (non-hydrogen) atoms. The third kappa shape index (κ3) is 6.26. The van der Waals surface area contributed by atoms with E-state index >= 15 is 0 Å². The van der Waals surface area contributed by atoms with E-state index in [1.54, 1.807) is 43.7 Å². The molecule has 0 fully saturated rings.